The Morgan fingerprint density at radius 1 is 1.05 bits per heavy atom. The molecule has 0 amide bonds. The third-order valence-electron chi connectivity index (χ3n) is 4.02. The zero-order valence-electron chi connectivity index (χ0n) is 11.4. The lowest BCUT2D eigenvalue weighted by molar-refractivity contribution is -0.148. The molecule has 0 aliphatic heterocycles. The van der Waals surface area contributed by atoms with Crippen LogP contribution in [0.4, 0.5) is 4.39 Å². The zero-order valence-corrected chi connectivity index (χ0v) is 13.0. The van der Waals surface area contributed by atoms with Crippen molar-refractivity contribution in [3.05, 3.63) is 70.2 Å². The first kappa shape index (κ1) is 14.3. The maximum Gasteiger partial charge on any atom is 0.344 e. The van der Waals surface area contributed by atoms with Gasteiger partial charge in [-0.25, -0.2) is 9.18 Å². The largest absolute Gasteiger partial charge is 0.467 e. The van der Waals surface area contributed by atoms with Gasteiger partial charge in [-0.3, -0.25) is 0 Å². The first-order valence-electron chi connectivity index (χ1n) is 6.66. The van der Waals surface area contributed by atoms with Gasteiger partial charge in [0.15, 0.2) is 0 Å². The van der Waals surface area contributed by atoms with Crippen molar-refractivity contribution >= 4 is 21.9 Å². The summed E-state index contributed by atoms with van der Waals surface area (Å²) >= 11 is 3.36. The van der Waals surface area contributed by atoms with E-state index in [9.17, 15) is 4.79 Å². The third kappa shape index (κ3) is 2.27. The fourth-order valence-corrected chi connectivity index (χ4v) is 3.23. The molecule has 3 rings (SSSR count). The number of carbonyl (C=O) groups is 1. The molecule has 3 atom stereocenters. The van der Waals surface area contributed by atoms with Crippen molar-refractivity contribution in [2.45, 2.75) is 17.5 Å². The molecule has 21 heavy (non-hydrogen) atoms. The van der Waals surface area contributed by atoms with Gasteiger partial charge in [0.2, 0.25) is 5.67 Å². The van der Waals surface area contributed by atoms with Crippen molar-refractivity contribution in [3.63, 3.8) is 0 Å². The van der Waals surface area contributed by atoms with Crippen LogP contribution in [0.25, 0.3) is 0 Å². The molecule has 1 aliphatic carbocycles. The predicted octanol–water partition coefficient (Wildman–Crippen LogP) is 4.21. The molecule has 108 valence electrons. The van der Waals surface area contributed by atoms with Crippen LogP contribution in [0.3, 0.4) is 0 Å². The highest BCUT2D eigenvalue weighted by molar-refractivity contribution is 9.10. The fourth-order valence-electron chi connectivity index (χ4n) is 2.97. The van der Waals surface area contributed by atoms with Crippen molar-refractivity contribution in [1.82, 2.24) is 0 Å². The Kier molecular flexibility index (Phi) is 3.57. The Morgan fingerprint density at radius 2 is 1.57 bits per heavy atom. The lowest BCUT2D eigenvalue weighted by Crippen LogP contribution is -2.22. The molecule has 0 bridgehead atoms. The summed E-state index contributed by atoms with van der Waals surface area (Å²) in [5.74, 6) is -1.79. The highest BCUT2D eigenvalue weighted by Gasteiger charge is 2.73. The minimum atomic E-state index is -1.98. The molecule has 2 nitrogen and oxygen atoms in total. The summed E-state index contributed by atoms with van der Waals surface area (Å²) in [6, 6.07) is 16.7. The van der Waals surface area contributed by atoms with E-state index in [4.69, 9.17) is 0 Å². The van der Waals surface area contributed by atoms with Gasteiger partial charge < -0.3 is 4.74 Å². The summed E-state index contributed by atoms with van der Waals surface area (Å²) in [7, 11) is 1.22. The molecule has 2 aromatic carbocycles. The number of carbonyl (C=O) groups excluding carboxylic acids is 1. The van der Waals surface area contributed by atoms with Crippen LogP contribution in [-0.4, -0.2) is 18.7 Å². The molecular formula is C17H14BrFO2. The normalized spacial score (nSPS) is 27.2. The average Bonchev–Trinajstić information content (AvgIpc) is 3.15. The van der Waals surface area contributed by atoms with E-state index in [1.165, 1.54) is 7.11 Å². The van der Waals surface area contributed by atoms with Crippen LogP contribution in [0, 0.1) is 0 Å². The molecular weight excluding hydrogens is 335 g/mol. The Labute approximate surface area is 131 Å². The summed E-state index contributed by atoms with van der Waals surface area (Å²) in [5, 5.41) is 0. The molecule has 0 aromatic heterocycles. The highest BCUT2D eigenvalue weighted by Crippen LogP contribution is 2.66. The Balaban J connectivity index is 2.01. The molecule has 0 heterocycles. The summed E-state index contributed by atoms with van der Waals surface area (Å²) in [4.78, 5) is 11.9. The van der Waals surface area contributed by atoms with E-state index in [0.717, 1.165) is 15.6 Å². The zero-order chi connectivity index (χ0) is 15.0. The molecule has 0 N–H and O–H groups in total. The average molecular weight is 349 g/mol. The lowest BCUT2D eigenvalue weighted by atomic mass is 10.0. The highest BCUT2D eigenvalue weighted by atomic mass is 79.9. The maximum atomic E-state index is 15.2. The summed E-state index contributed by atoms with van der Waals surface area (Å²) in [6.45, 7) is 0. The van der Waals surface area contributed by atoms with Crippen molar-refractivity contribution in [2.75, 3.05) is 7.11 Å². The second-order valence-electron chi connectivity index (χ2n) is 5.18. The number of methoxy groups -OCH3 is 1. The fraction of sp³-hybridized carbons (Fsp3) is 0.235. The number of ether oxygens (including phenoxy) is 1. The van der Waals surface area contributed by atoms with Crippen LogP contribution in [-0.2, 0) is 9.53 Å². The monoisotopic (exact) mass is 348 g/mol. The number of hydrogen-bond acceptors (Lipinski definition) is 2. The van der Waals surface area contributed by atoms with Gasteiger partial charge in [-0.15, -0.1) is 0 Å². The van der Waals surface area contributed by atoms with Gasteiger partial charge in [0.25, 0.3) is 0 Å². The van der Waals surface area contributed by atoms with E-state index in [2.05, 4.69) is 20.7 Å². The summed E-state index contributed by atoms with van der Waals surface area (Å²) in [6.07, 6.45) is 0. The Morgan fingerprint density at radius 3 is 2.10 bits per heavy atom. The van der Waals surface area contributed by atoms with Crippen LogP contribution in [0.5, 0.6) is 0 Å². The maximum absolute atomic E-state index is 15.2. The van der Waals surface area contributed by atoms with Crippen LogP contribution in [0.1, 0.15) is 23.0 Å². The quantitative estimate of drug-likeness (QED) is 0.776. The van der Waals surface area contributed by atoms with Gasteiger partial charge in [-0.05, 0) is 23.3 Å². The van der Waals surface area contributed by atoms with Gasteiger partial charge in [-0.1, -0.05) is 58.4 Å². The number of alkyl halides is 1. The lowest BCUT2D eigenvalue weighted by Gasteiger charge is -2.05. The summed E-state index contributed by atoms with van der Waals surface area (Å²) < 4.78 is 20.8. The molecule has 4 heteroatoms. The van der Waals surface area contributed by atoms with E-state index in [-0.39, 0.29) is 0 Å². The molecule has 0 saturated heterocycles. The molecule has 0 radical (unpaired) electrons. The number of hydrogen-bond donors (Lipinski definition) is 0. The van der Waals surface area contributed by atoms with E-state index in [0.29, 0.717) is 0 Å². The standard InChI is InChI=1S/C17H14BrFO2/c1-21-16(20)17(19)14(11-5-3-2-4-6-11)15(17)12-7-9-13(18)10-8-12/h2-10,14-15H,1H3/t14-,15+,17-/m1/s1. The second-order valence-corrected chi connectivity index (χ2v) is 6.09. The number of rotatable bonds is 3. The molecule has 1 saturated carbocycles. The first-order chi connectivity index (χ1) is 10.1. The Bertz CT molecular complexity index is 656. The Hall–Kier alpha value is -1.68. The first-order valence-corrected chi connectivity index (χ1v) is 7.46. The smallest absolute Gasteiger partial charge is 0.344 e. The number of halogens is 2. The summed E-state index contributed by atoms with van der Waals surface area (Å²) in [5.41, 5.74) is -0.359. The van der Waals surface area contributed by atoms with Crippen molar-refractivity contribution in [2.24, 2.45) is 0 Å². The number of benzene rings is 2. The van der Waals surface area contributed by atoms with Gasteiger partial charge in [-0.2, -0.15) is 0 Å². The van der Waals surface area contributed by atoms with Gasteiger partial charge in [0, 0.05) is 16.3 Å². The van der Waals surface area contributed by atoms with Crippen molar-refractivity contribution in [3.8, 4) is 0 Å². The third-order valence-corrected chi connectivity index (χ3v) is 4.54. The van der Waals surface area contributed by atoms with Crippen molar-refractivity contribution in [1.29, 1.82) is 0 Å². The van der Waals surface area contributed by atoms with Crippen LogP contribution < -0.4 is 0 Å². The van der Waals surface area contributed by atoms with Crippen LogP contribution in [0.15, 0.2) is 59.1 Å². The van der Waals surface area contributed by atoms with Crippen LogP contribution >= 0.6 is 15.9 Å². The molecule has 1 fully saturated rings. The minimum absolute atomic E-state index is 0.493. The van der Waals surface area contributed by atoms with E-state index >= 15 is 4.39 Å². The van der Waals surface area contributed by atoms with Crippen LogP contribution in [0.2, 0.25) is 0 Å². The minimum Gasteiger partial charge on any atom is -0.467 e. The molecule has 0 unspecified atom stereocenters. The molecule has 0 spiro atoms. The van der Waals surface area contributed by atoms with Gasteiger partial charge >= 0.3 is 5.97 Å². The van der Waals surface area contributed by atoms with Gasteiger partial charge in [0.05, 0.1) is 7.11 Å². The van der Waals surface area contributed by atoms with E-state index in [1.807, 2.05) is 54.6 Å². The molecule has 1 aliphatic rings. The van der Waals surface area contributed by atoms with Crippen molar-refractivity contribution < 1.29 is 13.9 Å². The topological polar surface area (TPSA) is 26.3 Å². The van der Waals surface area contributed by atoms with E-state index in [1.54, 1.807) is 0 Å². The second kappa shape index (κ2) is 5.26. The SMILES string of the molecule is COC(=O)[C@@]1(F)[C@H](c2ccccc2)[C@@H]1c1ccc(Br)cc1. The number of esters is 1. The van der Waals surface area contributed by atoms with E-state index < -0.39 is 23.5 Å². The predicted molar refractivity (Wildman–Crippen MR) is 81.9 cm³/mol. The molecule has 2 aromatic rings. The van der Waals surface area contributed by atoms with Gasteiger partial charge in [0.1, 0.15) is 0 Å².